The number of nitrogen functional groups attached to an aromatic ring is 1. The third kappa shape index (κ3) is 1.80. The van der Waals surface area contributed by atoms with Crippen LogP contribution in [0.25, 0.3) is 5.82 Å². The minimum absolute atomic E-state index is 0.150. The van der Waals surface area contributed by atoms with E-state index in [1.807, 2.05) is 0 Å². The molecule has 2 aromatic rings. The summed E-state index contributed by atoms with van der Waals surface area (Å²) in [5.74, 6) is 0.765. The molecule has 14 heavy (non-hydrogen) atoms. The molecular formula is C7H5ClIN5. The van der Waals surface area contributed by atoms with E-state index in [-0.39, 0.29) is 5.95 Å². The molecule has 7 heteroatoms. The molecule has 0 atom stereocenters. The van der Waals surface area contributed by atoms with Gasteiger partial charge in [0.1, 0.15) is 11.0 Å². The van der Waals surface area contributed by atoms with Gasteiger partial charge in [-0.2, -0.15) is 4.98 Å². The predicted molar refractivity (Wildman–Crippen MR) is 61.3 cm³/mol. The van der Waals surface area contributed by atoms with Crippen LogP contribution in [-0.2, 0) is 0 Å². The summed E-state index contributed by atoms with van der Waals surface area (Å²) in [4.78, 5) is 11.9. The van der Waals surface area contributed by atoms with Crippen LogP contribution in [0.3, 0.4) is 0 Å². The molecule has 0 spiro atoms. The van der Waals surface area contributed by atoms with Crippen molar-refractivity contribution in [3.8, 4) is 5.82 Å². The first kappa shape index (κ1) is 9.66. The Balaban J connectivity index is 2.57. The Morgan fingerprint density at radius 2 is 2.21 bits per heavy atom. The molecule has 0 aliphatic heterocycles. The highest BCUT2D eigenvalue weighted by atomic mass is 127. The summed E-state index contributed by atoms with van der Waals surface area (Å²) in [6, 6.07) is 1.63. The van der Waals surface area contributed by atoms with Crippen LogP contribution in [0.2, 0.25) is 5.15 Å². The maximum absolute atomic E-state index is 5.75. The van der Waals surface area contributed by atoms with Crippen molar-refractivity contribution in [2.45, 2.75) is 0 Å². The van der Waals surface area contributed by atoms with E-state index in [0.29, 0.717) is 11.0 Å². The van der Waals surface area contributed by atoms with Crippen molar-refractivity contribution in [1.29, 1.82) is 0 Å². The third-order valence-electron chi connectivity index (χ3n) is 1.54. The van der Waals surface area contributed by atoms with Gasteiger partial charge in [0.15, 0.2) is 3.83 Å². The van der Waals surface area contributed by atoms with Crippen LogP contribution < -0.4 is 5.73 Å². The lowest BCUT2D eigenvalue weighted by molar-refractivity contribution is 0.946. The van der Waals surface area contributed by atoms with Gasteiger partial charge in [-0.15, -0.1) is 0 Å². The second kappa shape index (κ2) is 3.70. The lowest BCUT2D eigenvalue weighted by atomic mass is 10.5. The fraction of sp³-hybridized carbons (Fsp3) is 0. The van der Waals surface area contributed by atoms with E-state index in [4.69, 9.17) is 17.3 Å². The molecule has 2 rings (SSSR count). The van der Waals surface area contributed by atoms with E-state index in [1.54, 1.807) is 23.0 Å². The number of halogens is 2. The Kier molecular flexibility index (Phi) is 2.55. The second-order valence-corrected chi connectivity index (χ2v) is 3.83. The summed E-state index contributed by atoms with van der Waals surface area (Å²) in [6.45, 7) is 0. The first-order valence-electron chi connectivity index (χ1n) is 3.66. The zero-order valence-corrected chi connectivity index (χ0v) is 9.77. The van der Waals surface area contributed by atoms with Crippen LogP contribution in [0, 0.1) is 3.83 Å². The molecule has 0 amide bonds. The summed E-state index contributed by atoms with van der Waals surface area (Å²) < 4.78 is 2.56. The quantitative estimate of drug-likeness (QED) is 0.638. The smallest absolute Gasteiger partial charge is 0.223 e. The number of anilines is 1. The number of hydrogen-bond donors (Lipinski definition) is 1. The summed E-state index contributed by atoms with van der Waals surface area (Å²) in [6.07, 6.45) is 3.45. The summed E-state index contributed by atoms with van der Waals surface area (Å²) in [7, 11) is 0. The molecule has 0 aliphatic carbocycles. The number of aromatic nitrogens is 4. The molecule has 72 valence electrons. The van der Waals surface area contributed by atoms with E-state index in [9.17, 15) is 0 Å². The van der Waals surface area contributed by atoms with Crippen molar-refractivity contribution in [1.82, 2.24) is 19.5 Å². The fourth-order valence-corrected chi connectivity index (χ4v) is 1.76. The average molecular weight is 322 g/mol. The maximum atomic E-state index is 5.75. The highest BCUT2D eigenvalue weighted by Gasteiger charge is 2.05. The van der Waals surface area contributed by atoms with Crippen molar-refractivity contribution in [2.24, 2.45) is 0 Å². The minimum Gasteiger partial charge on any atom is -0.368 e. The Labute approximate surface area is 98.5 Å². The summed E-state index contributed by atoms with van der Waals surface area (Å²) in [5.41, 5.74) is 5.47. The Morgan fingerprint density at radius 1 is 1.43 bits per heavy atom. The van der Waals surface area contributed by atoms with Crippen LogP contribution in [0.5, 0.6) is 0 Å². The molecule has 0 saturated carbocycles. The zero-order chi connectivity index (χ0) is 10.1. The van der Waals surface area contributed by atoms with Gasteiger partial charge in [0.05, 0.1) is 0 Å². The molecule has 0 fully saturated rings. The van der Waals surface area contributed by atoms with Gasteiger partial charge in [0.25, 0.3) is 0 Å². The molecule has 0 bridgehead atoms. The SMILES string of the molecule is Nc1nc(Cl)cc(-n2ccnc2I)n1. The lowest BCUT2D eigenvalue weighted by Crippen LogP contribution is -2.03. The van der Waals surface area contributed by atoms with Gasteiger partial charge < -0.3 is 5.73 Å². The molecule has 2 aromatic heterocycles. The van der Waals surface area contributed by atoms with Crippen LogP contribution in [0.1, 0.15) is 0 Å². The van der Waals surface area contributed by atoms with Crippen molar-refractivity contribution in [2.75, 3.05) is 5.73 Å². The van der Waals surface area contributed by atoms with Gasteiger partial charge >= 0.3 is 0 Å². The van der Waals surface area contributed by atoms with Gasteiger partial charge in [-0.1, -0.05) is 11.6 Å². The number of nitrogens with two attached hydrogens (primary N) is 1. The Hall–Kier alpha value is -0.890. The molecule has 5 nitrogen and oxygen atoms in total. The molecule has 0 unspecified atom stereocenters. The highest BCUT2D eigenvalue weighted by Crippen LogP contribution is 2.14. The molecule has 0 radical (unpaired) electrons. The monoisotopic (exact) mass is 321 g/mol. The van der Waals surface area contributed by atoms with Gasteiger partial charge in [-0.05, 0) is 0 Å². The Bertz CT molecular complexity index is 449. The van der Waals surface area contributed by atoms with Crippen molar-refractivity contribution in [3.05, 3.63) is 27.4 Å². The van der Waals surface area contributed by atoms with Crippen molar-refractivity contribution < 1.29 is 0 Å². The van der Waals surface area contributed by atoms with E-state index in [2.05, 4.69) is 37.5 Å². The molecule has 0 aliphatic rings. The Morgan fingerprint density at radius 3 is 2.79 bits per heavy atom. The topological polar surface area (TPSA) is 69.6 Å². The van der Waals surface area contributed by atoms with Gasteiger partial charge in [0, 0.05) is 41.1 Å². The number of nitrogens with zero attached hydrogens (tertiary/aromatic N) is 4. The minimum atomic E-state index is 0.150. The van der Waals surface area contributed by atoms with E-state index in [1.165, 1.54) is 0 Å². The molecule has 0 saturated heterocycles. The van der Waals surface area contributed by atoms with Crippen molar-refractivity contribution in [3.63, 3.8) is 0 Å². The molecular weight excluding hydrogens is 316 g/mol. The second-order valence-electron chi connectivity index (χ2n) is 2.47. The molecule has 2 N–H and O–H groups in total. The van der Waals surface area contributed by atoms with Crippen LogP contribution in [0.4, 0.5) is 5.95 Å². The zero-order valence-electron chi connectivity index (χ0n) is 6.85. The first-order chi connectivity index (χ1) is 6.66. The van der Waals surface area contributed by atoms with Crippen molar-refractivity contribution >= 4 is 40.1 Å². The van der Waals surface area contributed by atoms with Crippen LogP contribution >= 0.6 is 34.2 Å². The van der Waals surface area contributed by atoms with E-state index < -0.39 is 0 Å². The van der Waals surface area contributed by atoms with Gasteiger partial charge in [-0.25, -0.2) is 9.97 Å². The van der Waals surface area contributed by atoms with Gasteiger partial charge in [0.2, 0.25) is 5.95 Å². The van der Waals surface area contributed by atoms with E-state index >= 15 is 0 Å². The molecule has 0 aromatic carbocycles. The first-order valence-corrected chi connectivity index (χ1v) is 5.12. The number of imidazole rings is 1. The highest BCUT2D eigenvalue weighted by molar-refractivity contribution is 14.1. The van der Waals surface area contributed by atoms with E-state index in [0.717, 1.165) is 3.83 Å². The fourth-order valence-electron chi connectivity index (χ4n) is 1.00. The van der Waals surface area contributed by atoms with Crippen LogP contribution in [0.15, 0.2) is 18.5 Å². The predicted octanol–water partition coefficient (Wildman–Crippen LogP) is 1.50. The molecule has 2 heterocycles. The maximum Gasteiger partial charge on any atom is 0.223 e. The van der Waals surface area contributed by atoms with Crippen LogP contribution in [-0.4, -0.2) is 19.5 Å². The normalized spacial score (nSPS) is 10.4. The third-order valence-corrected chi connectivity index (χ3v) is 2.53. The number of hydrogen-bond acceptors (Lipinski definition) is 4. The largest absolute Gasteiger partial charge is 0.368 e. The lowest BCUT2D eigenvalue weighted by Gasteiger charge is -2.03. The number of rotatable bonds is 1. The standard InChI is InChI=1S/C7H5ClIN5/c8-4-3-5(13-7(10)12-4)14-2-1-11-6(14)9/h1-3H,(H2,10,12,13). The summed E-state index contributed by atoms with van der Waals surface area (Å²) >= 11 is 7.84. The average Bonchev–Trinajstić information content (AvgIpc) is 2.49. The van der Waals surface area contributed by atoms with Gasteiger partial charge in [-0.3, -0.25) is 4.57 Å². The summed E-state index contributed by atoms with van der Waals surface area (Å²) in [5, 5.41) is 0.317.